The number of carbonyl (C=O) groups is 2. The van der Waals surface area contributed by atoms with Crippen LogP contribution in [0.3, 0.4) is 0 Å². The molecule has 1 atom stereocenters. The van der Waals surface area contributed by atoms with Crippen LogP contribution in [0.25, 0.3) is 0 Å². The van der Waals surface area contributed by atoms with E-state index in [2.05, 4.69) is 5.32 Å². The Balaban J connectivity index is 1.98. The van der Waals surface area contributed by atoms with Crippen LogP contribution in [0.4, 0.5) is 5.69 Å². The zero-order chi connectivity index (χ0) is 27.9. The van der Waals surface area contributed by atoms with Crippen molar-refractivity contribution in [2.24, 2.45) is 5.92 Å². The summed E-state index contributed by atoms with van der Waals surface area (Å²) in [7, 11) is -4.10. The Kier molecular flexibility index (Phi) is 9.94. The monoisotopic (exact) mass is 555 g/mol. The maximum absolute atomic E-state index is 13.8. The average Bonchev–Trinajstić information content (AvgIpc) is 2.90. The quantitative estimate of drug-likeness (QED) is 0.359. The van der Waals surface area contributed by atoms with E-state index in [0.29, 0.717) is 17.3 Å². The van der Waals surface area contributed by atoms with Gasteiger partial charge >= 0.3 is 0 Å². The number of hydrogen-bond acceptors (Lipinski definition) is 4. The normalized spacial score (nSPS) is 12.2. The SMILES string of the molecule is Cc1ccc(CN(C(=O)CN(c2ccc(Cl)cc2)S(=O)(=O)c2ccccc2)[C@H](C)C(=O)NCC(C)C)cc1. The molecule has 0 aromatic heterocycles. The average molecular weight is 556 g/mol. The highest BCUT2D eigenvalue weighted by atomic mass is 35.5. The Morgan fingerprint density at radius 1 is 0.895 bits per heavy atom. The first kappa shape index (κ1) is 29.2. The molecule has 1 N–H and O–H groups in total. The van der Waals surface area contributed by atoms with Gasteiger partial charge in [0.2, 0.25) is 11.8 Å². The molecule has 0 aliphatic carbocycles. The number of amides is 2. The Hall–Kier alpha value is -3.36. The molecule has 9 heteroatoms. The standard InChI is InChI=1S/C29H34ClN3O4S/c1-21(2)18-31-29(35)23(4)32(19-24-12-10-22(3)11-13-24)28(34)20-33(26-16-14-25(30)15-17-26)38(36,37)27-8-6-5-7-9-27/h5-17,21,23H,18-20H2,1-4H3,(H,31,35)/t23-/m1/s1. The third kappa shape index (κ3) is 7.58. The second-order valence-corrected chi connectivity index (χ2v) is 11.9. The van der Waals surface area contributed by atoms with Crippen LogP contribution in [0.15, 0.2) is 83.8 Å². The van der Waals surface area contributed by atoms with E-state index in [0.717, 1.165) is 15.4 Å². The van der Waals surface area contributed by atoms with Crippen molar-refractivity contribution in [3.63, 3.8) is 0 Å². The van der Waals surface area contributed by atoms with Crippen LogP contribution in [-0.2, 0) is 26.2 Å². The van der Waals surface area contributed by atoms with Crippen molar-refractivity contribution in [1.82, 2.24) is 10.2 Å². The summed E-state index contributed by atoms with van der Waals surface area (Å²) in [5, 5.41) is 3.32. The van der Waals surface area contributed by atoms with E-state index in [4.69, 9.17) is 11.6 Å². The fraction of sp³-hybridized carbons (Fsp3) is 0.310. The van der Waals surface area contributed by atoms with Crippen molar-refractivity contribution in [3.8, 4) is 0 Å². The highest BCUT2D eigenvalue weighted by Crippen LogP contribution is 2.26. The molecule has 3 rings (SSSR count). The largest absolute Gasteiger partial charge is 0.354 e. The van der Waals surface area contributed by atoms with E-state index in [1.54, 1.807) is 49.4 Å². The Labute approximate surface area is 230 Å². The maximum Gasteiger partial charge on any atom is 0.264 e. The van der Waals surface area contributed by atoms with E-state index >= 15 is 0 Å². The number of hydrogen-bond donors (Lipinski definition) is 1. The van der Waals surface area contributed by atoms with Gasteiger partial charge in [-0.05, 0) is 61.7 Å². The van der Waals surface area contributed by atoms with Gasteiger partial charge in [-0.15, -0.1) is 0 Å². The number of carbonyl (C=O) groups excluding carboxylic acids is 2. The van der Waals surface area contributed by atoms with Gasteiger partial charge in [0.25, 0.3) is 10.0 Å². The number of sulfonamides is 1. The summed E-state index contributed by atoms with van der Waals surface area (Å²) in [5.74, 6) is -0.570. The summed E-state index contributed by atoms with van der Waals surface area (Å²) in [6.45, 7) is 7.71. The maximum atomic E-state index is 13.8. The van der Waals surface area contributed by atoms with Crippen LogP contribution in [0, 0.1) is 12.8 Å². The molecule has 202 valence electrons. The summed E-state index contributed by atoms with van der Waals surface area (Å²) in [6.07, 6.45) is 0. The van der Waals surface area contributed by atoms with Crippen molar-refractivity contribution in [3.05, 3.63) is 95.0 Å². The topological polar surface area (TPSA) is 86.8 Å². The Morgan fingerprint density at radius 2 is 1.50 bits per heavy atom. The summed E-state index contributed by atoms with van der Waals surface area (Å²) < 4.78 is 28.4. The molecule has 3 aromatic rings. The van der Waals surface area contributed by atoms with Crippen molar-refractivity contribution >= 4 is 39.1 Å². The fourth-order valence-electron chi connectivity index (χ4n) is 3.78. The smallest absolute Gasteiger partial charge is 0.264 e. The van der Waals surface area contributed by atoms with E-state index in [1.165, 1.54) is 17.0 Å². The zero-order valence-electron chi connectivity index (χ0n) is 22.1. The van der Waals surface area contributed by atoms with Crippen LogP contribution in [0.5, 0.6) is 0 Å². The third-order valence-corrected chi connectivity index (χ3v) is 8.09. The van der Waals surface area contributed by atoms with Gasteiger partial charge in [-0.2, -0.15) is 0 Å². The summed E-state index contributed by atoms with van der Waals surface area (Å²) in [5.41, 5.74) is 2.19. The molecule has 3 aromatic carbocycles. The van der Waals surface area contributed by atoms with Crippen LogP contribution in [0.2, 0.25) is 5.02 Å². The summed E-state index contributed by atoms with van der Waals surface area (Å²) in [4.78, 5) is 28.3. The van der Waals surface area contributed by atoms with Crippen molar-refractivity contribution < 1.29 is 18.0 Å². The number of rotatable bonds is 11. The lowest BCUT2D eigenvalue weighted by Crippen LogP contribution is -2.51. The zero-order valence-corrected chi connectivity index (χ0v) is 23.7. The molecule has 0 unspecified atom stereocenters. The lowest BCUT2D eigenvalue weighted by molar-refractivity contribution is -0.139. The molecule has 0 heterocycles. The molecule has 0 spiro atoms. The van der Waals surface area contributed by atoms with E-state index < -0.39 is 28.5 Å². The number of aryl methyl sites for hydroxylation is 1. The first-order valence-electron chi connectivity index (χ1n) is 12.4. The highest BCUT2D eigenvalue weighted by Gasteiger charge is 2.32. The first-order valence-corrected chi connectivity index (χ1v) is 14.3. The minimum absolute atomic E-state index is 0.0514. The molecular formula is C29H34ClN3O4S. The highest BCUT2D eigenvalue weighted by molar-refractivity contribution is 7.92. The van der Waals surface area contributed by atoms with Crippen molar-refractivity contribution in [1.29, 1.82) is 0 Å². The molecule has 0 radical (unpaired) electrons. The number of anilines is 1. The van der Waals surface area contributed by atoms with Gasteiger partial charge in [0.1, 0.15) is 12.6 Å². The molecule has 38 heavy (non-hydrogen) atoms. The van der Waals surface area contributed by atoms with Gasteiger partial charge in [0.15, 0.2) is 0 Å². The minimum atomic E-state index is -4.10. The summed E-state index contributed by atoms with van der Waals surface area (Å²) >= 11 is 6.05. The number of nitrogens with zero attached hydrogens (tertiary/aromatic N) is 2. The van der Waals surface area contributed by atoms with Gasteiger partial charge in [0, 0.05) is 18.1 Å². The molecule has 2 amide bonds. The molecular weight excluding hydrogens is 522 g/mol. The van der Waals surface area contributed by atoms with Crippen LogP contribution < -0.4 is 9.62 Å². The minimum Gasteiger partial charge on any atom is -0.354 e. The van der Waals surface area contributed by atoms with E-state index in [-0.39, 0.29) is 23.3 Å². The lowest BCUT2D eigenvalue weighted by atomic mass is 10.1. The number of benzene rings is 3. The van der Waals surface area contributed by atoms with Gasteiger partial charge in [-0.25, -0.2) is 8.42 Å². The Morgan fingerprint density at radius 3 is 2.08 bits per heavy atom. The first-order chi connectivity index (χ1) is 18.0. The Bertz CT molecular complexity index is 1330. The van der Waals surface area contributed by atoms with E-state index in [1.807, 2.05) is 45.0 Å². The van der Waals surface area contributed by atoms with Crippen LogP contribution in [0.1, 0.15) is 31.9 Å². The second kappa shape index (κ2) is 12.9. The molecule has 0 fully saturated rings. The predicted octanol–water partition coefficient (Wildman–Crippen LogP) is 5.03. The lowest BCUT2D eigenvalue weighted by Gasteiger charge is -2.32. The van der Waals surface area contributed by atoms with Gasteiger partial charge in [-0.3, -0.25) is 13.9 Å². The fourth-order valence-corrected chi connectivity index (χ4v) is 5.34. The third-order valence-electron chi connectivity index (χ3n) is 6.05. The predicted molar refractivity (Wildman–Crippen MR) is 151 cm³/mol. The molecule has 0 saturated carbocycles. The van der Waals surface area contributed by atoms with Gasteiger partial charge in [0.05, 0.1) is 10.6 Å². The van der Waals surface area contributed by atoms with Gasteiger partial charge in [-0.1, -0.05) is 73.5 Å². The molecule has 0 saturated heterocycles. The molecule has 0 aliphatic heterocycles. The number of nitrogens with one attached hydrogen (secondary N) is 1. The van der Waals surface area contributed by atoms with Crippen molar-refractivity contribution in [2.75, 3.05) is 17.4 Å². The van der Waals surface area contributed by atoms with Gasteiger partial charge < -0.3 is 10.2 Å². The second-order valence-electron chi connectivity index (χ2n) is 9.62. The molecule has 0 aliphatic rings. The van der Waals surface area contributed by atoms with E-state index in [9.17, 15) is 18.0 Å². The van der Waals surface area contributed by atoms with Crippen LogP contribution >= 0.6 is 11.6 Å². The molecule has 7 nitrogen and oxygen atoms in total. The van der Waals surface area contributed by atoms with Crippen LogP contribution in [-0.4, -0.2) is 44.3 Å². The summed E-state index contributed by atoms with van der Waals surface area (Å²) in [6, 6.07) is 21.0. The molecule has 0 bridgehead atoms. The number of halogens is 1. The van der Waals surface area contributed by atoms with Crippen molar-refractivity contribution in [2.45, 2.75) is 45.2 Å².